The van der Waals surface area contributed by atoms with Gasteiger partial charge in [0.15, 0.2) is 0 Å². The summed E-state index contributed by atoms with van der Waals surface area (Å²) in [6.45, 7) is 7.34. The smallest absolute Gasteiger partial charge is 0.433 e. The molecule has 1 aromatic carbocycles. The van der Waals surface area contributed by atoms with Crippen molar-refractivity contribution in [1.82, 2.24) is 15.2 Å². The summed E-state index contributed by atoms with van der Waals surface area (Å²) in [5.74, 6) is 0.312. The summed E-state index contributed by atoms with van der Waals surface area (Å²) in [4.78, 5) is 18.7. The topological polar surface area (TPSA) is 54.5 Å². The lowest BCUT2D eigenvalue weighted by molar-refractivity contribution is -0.141. The molecule has 1 aromatic heterocycles. The second-order valence-electron chi connectivity index (χ2n) is 10.9. The monoisotopic (exact) mass is 489 g/mol. The minimum absolute atomic E-state index is 0.0694. The third kappa shape index (κ3) is 6.54. The molecule has 190 valence electrons. The van der Waals surface area contributed by atoms with Gasteiger partial charge < -0.3 is 15.0 Å². The van der Waals surface area contributed by atoms with Crippen LogP contribution in [-0.2, 0) is 17.5 Å². The molecule has 2 aliphatic rings. The average molecular weight is 490 g/mol. The van der Waals surface area contributed by atoms with Crippen molar-refractivity contribution < 1.29 is 22.7 Å². The van der Waals surface area contributed by atoms with Gasteiger partial charge in [-0.1, -0.05) is 42.8 Å². The number of carbonyl (C=O) groups excluding carboxylic acids is 1. The van der Waals surface area contributed by atoms with Crippen LogP contribution in [0.3, 0.4) is 0 Å². The zero-order valence-corrected chi connectivity index (χ0v) is 20.6. The number of nitrogens with zero attached hydrogens (tertiary/aromatic N) is 2. The summed E-state index contributed by atoms with van der Waals surface area (Å²) < 4.78 is 44.0. The number of hydrogen-bond acceptors (Lipinski definition) is 4. The normalized spacial score (nSPS) is 21.2. The number of pyridine rings is 1. The molecule has 4 rings (SSSR count). The highest BCUT2D eigenvalue weighted by Crippen LogP contribution is 2.49. The average Bonchev–Trinajstić information content (AvgIpc) is 3.54. The maximum absolute atomic E-state index is 13.2. The predicted molar refractivity (Wildman–Crippen MR) is 128 cm³/mol. The number of aromatic nitrogens is 1. The third-order valence-electron chi connectivity index (χ3n) is 6.88. The summed E-state index contributed by atoms with van der Waals surface area (Å²) >= 11 is 0. The van der Waals surface area contributed by atoms with Gasteiger partial charge in [-0.3, -0.25) is 4.98 Å². The van der Waals surface area contributed by atoms with E-state index in [0.717, 1.165) is 31.7 Å². The van der Waals surface area contributed by atoms with E-state index in [0.29, 0.717) is 31.1 Å². The van der Waals surface area contributed by atoms with E-state index in [2.05, 4.69) is 22.4 Å². The van der Waals surface area contributed by atoms with Gasteiger partial charge in [-0.05, 0) is 57.2 Å². The molecule has 0 saturated heterocycles. The molecule has 2 aliphatic carbocycles. The van der Waals surface area contributed by atoms with Gasteiger partial charge in [0, 0.05) is 43.2 Å². The molecular weight excluding hydrogens is 455 g/mol. The molecule has 0 aliphatic heterocycles. The highest BCUT2D eigenvalue weighted by Gasteiger charge is 2.49. The Hall–Kier alpha value is -2.61. The molecular formula is C27H34F3N3O2. The van der Waals surface area contributed by atoms with Crippen LogP contribution in [0, 0.1) is 5.41 Å². The van der Waals surface area contributed by atoms with Crippen molar-refractivity contribution >= 4 is 6.09 Å². The van der Waals surface area contributed by atoms with Crippen molar-refractivity contribution in [3.8, 4) is 0 Å². The van der Waals surface area contributed by atoms with Crippen LogP contribution in [0.25, 0.3) is 0 Å². The Bertz CT molecular complexity index is 999. The number of alkyl halides is 3. The van der Waals surface area contributed by atoms with Crippen molar-refractivity contribution in [1.29, 1.82) is 0 Å². The van der Waals surface area contributed by atoms with E-state index in [4.69, 9.17) is 4.74 Å². The van der Waals surface area contributed by atoms with Crippen LogP contribution < -0.4 is 5.32 Å². The quantitative estimate of drug-likeness (QED) is 0.483. The van der Waals surface area contributed by atoms with Crippen molar-refractivity contribution in [2.45, 2.75) is 76.7 Å². The molecule has 2 saturated carbocycles. The second kappa shape index (κ2) is 9.80. The summed E-state index contributed by atoms with van der Waals surface area (Å²) in [7, 11) is 0. The number of rotatable bonds is 8. The molecule has 0 radical (unpaired) electrons. The van der Waals surface area contributed by atoms with Gasteiger partial charge in [0.2, 0.25) is 0 Å². The van der Waals surface area contributed by atoms with E-state index >= 15 is 0 Å². The number of amides is 1. The Balaban J connectivity index is 1.40. The second-order valence-corrected chi connectivity index (χ2v) is 10.9. The van der Waals surface area contributed by atoms with Gasteiger partial charge in [0.1, 0.15) is 11.3 Å². The van der Waals surface area contributed by atoms with E-state index < -0.39 is 17.5 Å². The molecule has 1 N–H and O–H groups in total. The summed E-state index contributed by atoms with van der Waals surface area (Å²) in [6.07, 6.45) is 0.556. The largest absolute Gasteiger partial charge is 0.444 e. The molecule has 1 heterocycles. The first-order chi connectivity index (χ1) is 16.5. The Morgan fingerprint density at radius 1 is 1.14 bits per heavy atom. The molecule has 2 unspecified atom stereocenters. The van der Waals surface area contributed by atoms with E-state index in [9.17, 15) is 18.0 Å². The van der Waals surface area contributed by atoms with Crippen molar-refractivity contribution in [3.05, 3.63) is 65.5 Å². The Kier molecular flexibility index (Phi) is 7.13. The number of halogens is 3. The maximum atomic E-state index is 13.2. The molecule has 0 bridgehead atoms. The number of benzene rings is 1. The van der Waals surface area contributed by atoms with Gasteiger partial charge >= 0.3 is 12.3 Å². The third-order valence-corrected chi connectivity index (χ3v) is 6.88. The molecule has 5 nitrogen and oxygen atoms in total. The zero-order chi connectivity index (χ0) is 25.3. The lowest BCUT2D eigenvalue weighted by Gasteiger charge is -2.45. The first-order valence-electron chi connectivity index (χ1n) is 12.2. The number of ether oxygens (including phenoxy) is 1. The fourth-order valence-corrected chi connectivity index (χ4v) is 4.82. The molecule has 35 heavy (non-hydrogen) atoms. The van der Waals surface area contributed by atoms with Gasteiger partial charge in [-0.2, -0.15) is 13.2 Å². The van der Waals surface area contributed by atoms with Crippen molar-refractivity contribution in [2.24, 2.45) is 5.41 Å². The summed E-state index contributed by atoms with van der Waals surface area (Å²) in [6, 6.07) is 12.8. The predicted octanol–water partition coefficient (Wildman–Crippen LogP) is 6.15. The number of hydrogen-bond donors (Lipinski definition) is 1. The van der Waals surface area contributed by atoms with Gasteiger partial charge in [0.05, 0.1) is 0 Å². The van der Waals surface area contributed by atoms with Gasteiger partial charge in [-0.25, -0.2) is 4.79 Å². The Labute approximate surface area is 205 Å². The molecule has 2 atom stereocenters. The van der Waals surface area contributed by atoms with Crippen LogP contribution in [0.4, 0.5) is 18.0 Å². The van der Waals surface area contributed by atoms with Gasteiger partial charge in [-0.15, -0.1) is 0 Å². The van der Waals surface area contributed by atoms with Crippen LogP contribution in [0.2, 0.25) is 0 Å². The molecule has 1 amide bonds. The van der Waals surface area contributed by atoms with Crippen LogP contribution in [0.1, 0.15) is 69.2 Å². The number of carbonyl (C=O) groups is 1. The fourth-order valence-electron chi connectivity index (χ4n) is 4.82. The first kappa shape index (κ1) is 25.5. The van der Waals surface area contributed by atoms with E-state index in [-0.39, 0.29) is 17.6 Å². The fraction of sp³-hybridized carbons (Fsp3) is 0.556. The highest BCUT2D eigenvalue weighted by atomic mass is 19.4. The summed E-state index contributed by atoms with van der Waals surface area (Å²) in [5.41, 5.74) is 0.402. The van der Waals surface area contributed by atoms with E-state index in [1.54, 1.807) is 0 Å². The van der Waals surface area contributed by atoms with Crippen LogP contribution >= 0.6 is 0 Å². The maximum Gasteiger partial charge on any atom is 0.433 e. The van der Waals surface area contributed by atoms with Crippen LogP contribution in [-0.4, -0.2) is 40.7 Å². The van der Waals surface area contributed by atoms with Crippen molar-refractivity contribution in [2.75, 3.05) is 13.1 Å². The minimum Gasteiger partial charge on any atom is -0.444 e. The highest BCUT2D eigenvalue weighted by molar-refractivity contribution is 5.69. The first-order valence-corrected chi connectivity index (χ1v) is 12.2. The lowest BCUT2D eigenvalue weighted by atomic mass is 9.68. The van der Waals surface area contributed by atoms with Crippen molar-refractivity contribution in [3.63, 3.8) is 0 Å². The minimum atomic E-state index is -4.44. The standard InChI is InChI=1S/C27H34F3N3O2/c1-25(2,3)35-24(34)33(22-14-21(22)20-8-5-4-6-9-20)18-26(12-7-13-26)17-31-15-19-10-11-23(32-16-19)27(28,29)30/h4-6,8-11,16,21-22,31H,7,12-15,17-18H2,1-3H3. The Morgan fingerprint density at radius 3 is 2.40 bits per heavy atom. The lowest BCUT2D eigenvalue weighted by Crippen LogP contribution is -2.51. The van der Waals surface area contributed by atoms with E-state index in [1.807, 2.05) is 43.9 Å². The van der Waals surface area contributed by atoms with Gasteiger partial charge in [0.25, 0.3) is 0 Å². The summed E-state index contributed by atoms with van der Waals surface area (Å²) in [5, 5.41) is 3.40. The molecule has 2 aromatic rings. The molecule has 2 fully saturated rings. The number of nitrogens with one attached hydrogen (secondary N) is 1. The van der Waals surface area contributed by atoms with Crippen LogP contribution in [0.5, 0.6) is 0 Å². The molecule has 0 spiro atoms. The Morgan fingerprint density at radius 2 is 1.86 bits per heavy atom. The van der Waals surface area contributed by atoms with Crippen LogP contribution in [0.15, 0.2) is 48.7 Å². The SMILES string of the molecule is CC(C)(C)OC(=O)N(CC1(CNCc2ccc(C(F)(F)F)nc2)CCC1)C1CC1c1ccccc1. The molecule has 8 heteroatoms. The van der Waals surface area contributed by atoms with E-state index in [1.165, 1.54) is 17.8 Å². The zero-order valence-electron chi connectivity index (χ0n) is 20.6.